The first-order valence-corrected chi connectivity index (χ1v) is 23.1. The zero-order chi connectivity index (χ0) is 21.8. The van der Waals surface area contributed by atoms with Crippen LogP contribution in [0.2, 0.25) is 78.6 Å². The molecule has 0 aliphatic carbocycles. The second-order valence-corrected chi connectivity index (χ2v) is 28.5. The molecule has 0 radical (unpaired) electrons. The SMILES string of the molecule is C[Si](C)(C)OC(=O)[C@H](C[C@H](O[Si](C)(C)C)C(=O)O[Si](C)(C)C)O[Si](C)(C)C. The Bertz CT molecular complexity index is 465. The zero-order valence-corrected chi connectivity index (χ0v) is 23.3. The van der Waals surface area contributed by atoms with Crippen molar-refractivity contribution in [3.63, 3.8) is 0 Å². The molecule has 0 aliphatic heterocycles. The average Bonchev–Trinajstić information content (AvgIpc) is 2.29. The van der Waals surface area contributed by atoms with E-state index >= 15 is 0 Å². The van der Waals surface area contributed by atoms with Crippen molar-refractivity contribution in [2.75, 3.05) is 0 Å². The summed E-state index contributed by atoms with van der Waals surface area (Å²) in [4.78, 5) is 25.5. The van der Waals surface area contributed by atoms with Gasteiger partial charge in [0.2, 0.25) is 16.6 Å². The Balaban J connectivity index is 5.61. The van der Waals surface area contributed by atoms with Gasteiger partial charge in [-0.3, -0.25) is 9.59 Å². The van der Waals surface area contributed by atoms with Gasteiger partial charge in [0.15, 0.2) is 16.6 Å². The van der Waals surface area contributed by atoms with E-state index in [4.69, 9.17) is 17.7 Å². The lowest BCUT2D eigenvalue weighted by Crippen LogP contribution is -2.48. The second kappa shape index (κ2) is 9.48. The monoisotopic (exact) mass is 452 g/mol. The summed E-state index contributed by atoms with van der Waals surface area (Å²) in [5.74, 6) is -0.803. The molecule has 0 aromatic carbocycles. The maximum absolute atomic E-state index is 12.8. The maximum atomic E-state index is 12.8. The summed E-state index contributed by atoms with van der Waals surface area (Å²) in [5, 5.41) is 0. The zero-order valence-electron chi connectivity index (χ0n) is 19.3. The molecule has 0 aliphatic rings. The lowest BCUT2D eigenvalue weighted by atomic mass is 10.1. The molecule has 10 heteroatoms. The highest BCUT2D eigenvalue weighted by atomic mass is 28.4. The Morgan fingerprint density at radius 2 is 0.815 bits per heavy atom. The van der Waals surface area contributed by atoms with Gasteiger partial charge in [0.1, 0.15) is 12.2 Å². The molecule has 0 aromatic heterocycles. The fourth-order valence-corrected chi connectivity index (χ4v) is 5.73. The van der Waals surface area contributed by atoms with E-state index in [9.17, 15) is 9.59 Å². The molecular weight excluding hydrogens is 413 g/mol. The Hall–Kier alpha value is -0.272. The third-order valence-corrected chi connectivity index (χ3v) is 6.37. The van der Waals surface area contributed by atoms with Crippen LogP contribution in [-0.2, 0) is 27.3 Å². The summed E-state index contributed by atoms with van der Waals surface area (Å²) in [6, 6.07) is 0. The van der Waals surface area contributed by atoms with Crippen molar-refractivity contribution in [3.05, 3.63) is 0 Å². The minimum absolute atomic E-state index is 0.126. The number of hydrogen-bond acceptors (Lipinski definition) is 6. The van der Waals surface area contributed by atoms with E-state index in [1.54, 1.807) is 0 Å². The molecule has 0 fully saturated rings. The van der Waals surface area contributed by atoms with Crippen LogP contribution in [-0.4, -0.2) is 57.4 Å². The molecule has 0 N–H and O–H groups in total. The predicted octanol–water partition coefficient (Wildman–Crippen LogP) is 4.57. The number of rotatable bonds is 10. The molecule has 0 saturated heterocycles. The van der Waals surface area contributed by atoms with Crippen LogP contribution in [0.5, 0.6) is 0 Å². The van der Waals surface area contributed by atoms with Crippen molar-refractivity contribution < 1.29 is 27.3 Å². The van der Waals surface area contributed by atoms with Crippen LogP contribution in [0.25, 0.3) is 0 Å². The van der Waals surface area contributed by atoms with Gasteiger partial charge in [0.25, 0.3) is 0 Å². The van der Waals surface area contributed by atoms with Crippen molar-refractivity contribution in [3.8, 4) is 0 Å². The summed E-state index contributed by atoms with van der Waals surface area (Å²) in [6.07, 6.45) is -1.51. The summed E-state index contributed by atoms with van der Waals surface area (Å²) in [6.45, 7) is 23.8. The molecule has 160 valence electrons. The van der Waals surface area contributed by atoms with E-state index in [-0.39, 0.29) is 6.42 Å². The molecule has 0 saturated carbocycles. The highest BCUT2D eigenvalue weighted by molar-refractivity contribution is 6.72. The molecule has 6 nitrogen and oxygen atoms in total. The van der Waals surface area contributed by atoms with Crippen molar-refractivity contribution in [1.82, 2.24) is 0 Å². The van der Waals surface area contributed by atoms with Gasteiger partial charge in [-0.15, -0.1) is 0 Å². The second-order valence-electron chi connectivity index (χ2n) is 10.7. The molecule has 0 aromatic rings. The van der Waals surface area contributed by atoms with Crippen molar-refractivity contribution in [1.29, 1.82) is 0 Å². The maximum Gasteiger partial charge on any atom is 0.320 e. The number of hydrogen-bond donors (Lipinski definition) is 0. The summed E-state index contributed by atoms with van der Waals surface area (Å²) in [7, 11) is -8.23. The lowest BCUT2D eigenvalue weighted by molar-refractivity contribution is -0.149. The fourth-order valence-electron chi connectivity index (χ4n) is 2.17. The van der Waals surface area contributed by atoms with Crippen LogP contribution in [0, 0.1) is 0 Å². The fraction of sp³-hybridized carbons (Fsp3) is 0.882. The Labute approximate surface area is 169 Å². The van der Waals surface area contributed by atoms with E-state index in [0.29, 0.717) is 0 Å². The summed E-state index contributed by atoms with van der Waals surface area (Å²) < 4.78 is 23.5. The minimum Gasteiger partial charge on any atom is -0.518 e. The standard InChI is InChI=1S/C17H40O6Si4/c1-24(2,3)20-14(16(18)22-26(7,8)9)13-15(21-25(4,5)6)17(19)23-27(10,11)12/h14-15H,13H2,1-12H3/t14-,15-/m0/s1. The van der Waals surface area contributed by atoms with Gasteiger partial charge in [0.05, 0.1) is 0 Å². The number of carbonyl (C=O) groups is 2. The van der Waals surface area contributed by atoms with E-state index < -0.39 is 57.4 Å². The topological polar surface area (TPSA) is 71.1 Å². The first kappa shape index (κ1) is 26.7. The Kier molecular flexibility index (Phi) is 9.39. The van der Waals surface area contributed by atoms with Crippen molar-refractivity contribution >= 4 is 45.2 Å². The predicted molar refractivity (Wildman–Crippen MR) is 120 cm³/mol. The first-order valence-electron chi connectivity index (χ1n) is 9.50. The van der Waals surface area contributed by atoms with Gasteiger partial charge in [-0.05, 0) is 78.6 Å². The first-order chi connectivity index (χ1) is 11.7. The molecule has 0 unspecified atom stereocenters. The molecule has 0 heterocycles. The van der Waals surface area contributed by atoms with Crippen molar-refractivity contribution in [2.45, 2.75) is 97.2 Å². The van der Waals surface area contributed by atoms with Gasteiger partial charge < -0.3 is 17.7 Å². The quantitative estimate of drug-likeness (QED) is 0.452. The highest BCUT2D eigenvalue weighted by Crippen LogP contribution is 2.21. The molecule has 0 rings (SSSR count). The average molecular weight is 453 g/mol. The van der Waals surface area contributed by atoms with Crippen molar-refractivity contribution in [2.24, 2.45) is 0 Å². The van der Waals surface area contributed by atoms with Gasteiger partial charge in [0, 0.05) is 6.42 Å². The molecule has 2 atom stereocenters. The Morgan fingerprint density at radius 3 is 1.00 bits per heavy atom. The molecule has 0 amide bonds. The summed E-state index contributed by atoms with van der Waals surface area (Å²) in [5.41, 5.74) is 0. The third-order valence-electron chi connectivity index (χ3n) is 2.76. The van der Waals surface area contributed by atoms with Crippen LogP contribution >= 0.6 is 0 Å². The third kappa shape index (κ3) is 14.4. The van der Waals surface area contributed by atoms with Gasteiger partial charge in [-0.25, -0.2) is 0 Å². The minimum atomic E-state index is -2.08. The lowest BCUT2D eigenvalue weighted by Gasteiger charge is -2.33. The van der Waals surface area contributed by atoms with E-state index in [1.165, 1.54) is 0 Å². The number of carbonyl (C=O) groups excluding carboxylic acids is 2. The van der Waals surface area contributed by atoms with E-state index in [2.05, 4.69) is 0 Å². The largest absolute Gasteiger partial charge is 0.518 e. The van der Waals surface area contributed by atoms with Gasteiger partial charge in [-0.1, -0.05) is 0 Å². The summed E-state index contributed by atoms with van der Waals surface area (Å²) >= 11 is 0. The molecular formula is C17H40O6Si4. The van der Waals surface area contributed by atoms with Crippen LogP contribution < -0.4 is 0 Å². The van der Waals surface area contributed by atoms with Crippen LogP contribution in [0.3, 0.4) is 0 Å². The van der Waals surface area contributed by atoms with Gasteiger partial charge in [-0.2, -0.15) is 0 Å². The van der Waals surface area contributed by atoms with E-state index in [0.717, 1.165) is 0 Å². The van der Waals surface area contributed by atoms with E-state index in [1.807, 2.05) is 78.6 Å². The Morgan fingerprint density at radius 1 is 0.556 bits per heavy atom. The van der Waals surface area contributed by atoms with Crippen LogP contribution in [0.15, 0.2) is 0 Å². The molecule has 0 spiro atoms. The van der Waals surface area contributed by atoms with Crippen LogP contribution in [0.1, 0.15) is 6.42 Å². The van der Waals surface area contributed by atoms with Gasteiger partial charge >= 0.3 is 11.9 Å². The normalized spacial score (nSPS) is 15.9. The van der Waals surface area contributed by atoms with Crippen LogP contribution in [0.4, 0.5) is 0 Å². The highest BCUT2D eigenvalue weighted by Gasteiger charge is 2.38. The molecule has 27 heavy (non-hydrogen) atoms. The molecule has 0 bridgehead atoms. The smallest absolute Gasteiger partial charge is 0.320 e.